The van der Waals surface area contributed by atoms with Crippen LogP contribution in [0.2, 0.25) is 0 Å². The Hall–Kier alpha value is -0.0800. The fourth-order valence-corrected chi connectivity index (χ4v) is 4.10. The number of nitrogens with one attached hydrogen (secondary N) is 1. The van der Waals surface area contributed by atoms with Crippen molar-refractivity contribution in [3.8, 4) is 0 Å². The summed E-state index contributed by atoms with van der Waals surface area (Å²) < 4.78 is 6.36. The van der Waals surface area contributed by atoms with Gasteiger partial charge < -0.3 is 10.1 Å². The second kappa shape index (κ2) is 5.13. The van der Waals surface area contributed by atoms with E-state index in [1.807, 2.05) is 0 Å². The fourth-order valence-electron chi connectivity index (χ4n) is 4.10. The van der Waals surface area contributed by atoms with Crippen LogP contribution in [0.25, 0.3) is 0 Å². The summed E-state index contributed by atoms with van der Waals surface area (Å²) in [6.07, 6.45) is 5.21. The first-order chi connectivity index (χ1) is 8.35. The molecule has 2 nitrogen and oxygen atoms in total. The number of ether oxygens (including phenoxy) is 1. The summed E-state index contributed by atoms with van der Waals surface area (Å²) in [6.45, 7) is 13.7. The van der Waals surface area contributed by atoms with Crippen molar-refractivity contribution in [2.75, 3.05) is 13.2 Å². The Morgan fingerprint density at radius 2 is 2.00 bits per heavy atom. The van der Waals surface area contributed by atoms with Crippen molar-refractivity contribution < 1.29 is 4.74 Å². The molecule has 0 radical (unpaired) electrons. The summed E-state index contributed by atoms with van der Waals surface area (Å²) in [4.78, 5) is 0. The van der Waals surface area contributed by atoms with E-state index >= 15 is 0 Å². The van der Waals surface area contributed by atoms with Crippen LogP contribution in [0.15, 0.2) is 0 Å². The monoisotopic (exact) mass is 253 g/mol. The number of morpholine rings is 1. The zero-order chi connectivity index (χ0) is 13.4. The lowest BCUT2D eigenvalue weighted by Crippen LogP contribution is -2.64. The zero-order valence-corrected chi connectivity index (χ0v) is 12.9. The lowest BCUT2D eigenvalue weighted by Gasteiger charge is -2.54. The number of rotatable bonds is 1. The van der Waals surface area contributed by atoms with Crippen LogP contribution in [0, 0.1) is 17.3 Å². The van der Waals surface area contributed by atoms with E-state index in [-0.39, 0.29) is 11.0 Å². The van der Waals surface area contributed by atoms with Crippen molar-refractivity contribution in [3.05, 3.63) is 0 Å². The second-order valence-electron chi connectivity index (χ2n) is 7.77. The predicted octanol–water partition coefficient (Wildman–Crippen LogP) is 3.61. The van der Waals surface area contributed by atoms with E-state index in [4.69, 9.17) is 4.74 Å². The smallest absolute Gasteiger partial charge is 0.0843 e. The van der Waals surface area contributed by atoms with Crippen molar-refractivity contribution in [1.29, 1.82) is 0 Å². The van der Waals surface area contributed by atoms with Gasteiger partial charge in [-0.15, -0.1) is 0 Å². The summed E-state index contributed by atoms with van der Waals surface area (Å²) in [7, 11) is 0. The van der Waals surface area contributed by atoms with Crippen LogP contribution in [-0.2, 0) is 4.74 Å². The Kier molecular flexibility index (Phi) is 4.08. The molecule has 1 saturated heterocycles. The van der Waals surface area contributed by atoms with Crippen LogP contribution < -0.4 is 5.32 Å². The SMILES string of the molecule is CC(C)C1CCCC2(C1)OCCNC2C(C)(C)C. The van der Waals surface area contributed by atoms with Crippen LogP contribution in [0.4, 0.5) is 0 Å². The Labute approximate surface area is 113 Å². The molecule has 18 heavy (non-hydrogen) atoms. The molecular weight excluding hydrogens is 222 g/mol. The van der Waals surface area contributed by atoms with Crippen LogP contribution in [0.1, 0.15) is 60.3 Å². The van der Waals surface area contributed by atoms with Gasteiger partial charge in [0.1, 0.15) is 0 Å². The van der Waals surface area contributed by atoms with Crippen molar-refractivity contribution in [2.24, 2.45) is 17.3 Å². The summed E-state index contributed by atoms with van der Waals surface area (Å²) in [5.41, 5.74) is 0.378. The molecule has 106 valence electrons. The fraction of sp³-hybridized carbons (Fsp3) is 1.00. The van der Waals surface area contributed by atoms with E-state index in [9.17, 15) is 0 Å². The Balaban J connectivity index is 2.20. The average molecular weight is 253 g/mol. The minimum absolute atomic E-state index is 0.101. The van der Waals surface area contributed by atoms with Gasteiger partial charge in [0.2, 0.25) is 0 Å². The molecule has 1 saturated carbocycles. The van der Waals surface area contributed by atoms with Gasteiger partial charge in [-0.25, -0.2) is 0 Å². The molecule has 2 aliphatic rings. The highest BCUT2D eigenvalue weighted by molar-refractivity contribution is 5.04. The largest absolute Gasteiger partial charge is 0.372 e. The topological polar surface area (TPSA) is 21.3 Å². The maximum Gasteiger partial charge on any atom is 0.0843 e. The van der Waals surface area contributed by atoms with Gasteiger partial charge in [-0.3, -0.25) is 0 Å². The Bertz CT molecular complexity index is 277. The summed E-state index contributed by atoms with van der Waals surface area (Å²) >= 11 is 0. The molecule has 0 aromatic rings. The lowest BCUT2D eigenvalue weighted by molar-refractivity contribution is -0.152. The standard InChI is InChI=1S/C16H31NO/c1-12(2)13-7-6-8-16(11-13)14(15(3,4)5)17-9-10-18-16/h12-14,17H,6-11H2,1-5H3. The lowest BCUT2D eigenvalue weighted by atomic mass is 9.64. The first-order valence-corrected chi connectivity index (χ1v) is 7.72. The van der Waals surface area contributed by atoms with E-state index in [2.05, 4.69) is 39.9 Å². The van der Waals surface area contributed by atoms with Gasteiger partial charge in [0.05, 0.1) is 12.2 Å². The third-order valence-electron chi connectivity index (χ3n) is 4.96. The van der Waals surface area contributed by atoms with Gasteiger partial charge in [-0.2, -0.15) is 0 Å². The van der Waals surface area contributed by atoms with Gasteiger partial charge in [0.25, 0.3) is 0 Å². The third kappa shape index (κ3) is 2.75. The van der Waals surface area contributed by atoms with Gasteiger partial charge in [-0.1, -0.05) is 41.0 Å². The van der Waals surface area contributed by atoms with E-state index in [0.29, 0.717) is 6.04 Å². The van der Waals surface area contributed by atoms with Gasteiger partial charge in [0.15, 0.2) is 0 Å². The summed E-state index contributed by atoms with van der Waals surface area (Å²) in [5.74, 6) is 1.62. The maximum atomic E-state index is 6.36. The molecule has 0 amide bonds. The molecule has 1 N–H and O–H groups in total. The third-order valence-corrected chi connectivity index (χ3v) is 4.96. The van der Waals surface area contributed by atoms with Crippen LogP contribution in [-0.4, -0.2) is 24.8 Å². The van der Waals surface area contributed by atoms with Crippen LogP contribution in [0.5, 0.6) is 0 Å². The van der Waals surface area contributed by atoms with Crippen molar-refractivity contribution >= 4 is 0 Å². The molecule has 1 aliphatic heterocycles. The molecule has 2 fully saturated rings. The first-order valence-electron chi connectivity index (χ1n) is 7.72. The molecule has 3 atom stereocenters. The second-order valence-corrected chi connectivity index (χ2v) is 7.77. The molecule has 2 heteroatoms. The number of hydrogen-bond donors (Lipinski definition) is 1. The van der Waals surface area contributed by atoms with Crippen molar-refractivity contribution in [2.45, 2.75) is 71.9 Å². The first kappa shape index (κ1) is 14.3. The molecule has 0 aromatic heterocycles. The summed E-state index contributed by atoms with van der Waals surface area (Å²) in [6, 6.07) is 0.500. The predicted molar refractivity (Wildman–Crippen MR) is 76.7 cm³/mol. The minimum atomic E-state index is 0.101. The van der Waals surface area contributed by atoms with E-state index in [1.165, 1.54) is 25.7 Å². The highest BCUT2D eigenvalue weighted by Crippen LogP contribution is 2.45. The van der Waals surface area contributed by atoms with Gasteiger partial charge in [0, 0.05) is 12.6 Å². The van der Waals surface area contributed by atoms with Gasteiger partial charge >= 0.3 is 0 Å². The Morgan fingerprint density at radius 3 is 2.61 bits per heavy atom. The van der Waals surface area contributed by atoms with E-state index in [1.54, 1.807) is 0 Å². The molecular formula is C16H31NO. The average Bonchev–Trinajstić information content (AvgIpc) is 2.28. The Morgan fingerprint density at radius 1 is 1.28 bits per heavy atom. The van der Waals surface area contributed by atoms with Crippen LogP contribution in [0.3, 0.4) is 0 Å². The maximum absolute atomic E-state index is 6.36. The normalized spacial score (nSPS) is 38.3. The van der Waals surface area contributed by atoms with Crippen molar-refractivity contribution in [1.82, 2.24) is 5.32 Å². The molecule has 0 bridgehead atoms. The number of hydrogen-bond acceptors (Lipinski definition) is 2. The van der Waals surface area contributed by atoms with Gasteiger partial charge in [-0.05, 0) is 36.5 Å². The summed E-state index contributed by atoms with van der Waals surface area (Å²) in [5, 5.41) is 3.75. The highest BCUT2D eigenvalue weighted by atomic mass is 16.5. The molecule has 0 aromatic carbocycles. The molecule has 3 unspecified atom stereocenters. The quantitative estimate of drug-likeness (QED) is 0.771. The molecule has 2 rings (SSSR count). The zero-order valence-electron chi connectivity index (χ0n) is 12.9. The molecule has 1 heterocycles. The van der Waals surface area contributed by atoms with Crippen molar-refractivity contribution in [3.63, 3.8) is 0 Å². The molecule has 1 aliphatic carbocycles. The van der Waals surface area contributed by atoms with E-state index in [0.717, 1.165) is 25.0 Å². The highest BCUT2D eigenvalue weighted by Gasteiger charge is 2.49. The van der Waals surface area contributed by atoms with Crippen LogP contribution >= 0.6 is 0 Å². The van der Waals surface area contributed by atoms with E-state index < -0.39 is 0 Å². The minimum Gasteiger partial charge on any atom is -0.372 e. The molecule has 1 spiro atoms.